The molecule has 4 rings (SSSR count). The van der Waals surface area contributed by atoms with E-state index in [1.54, 1.807) is 6.07 Å². The first-order valence-electron chi connectivity index (χ1n) is 10.4. The van der Waals surface area contributed by atoms with Gasteiger partial charge >= 0.3 is 0 Å². The standard InChI is InChI=1S/C26H20F6/c27-22-10-16(15-4-2-1-3-5-15)6-8-19(22)17-7-9-20(23(28)11-17)18-12-24(29)21(14-26(31)32)25(30)13-18/h6-15H,1-5H2. The molecule has 3 aromatic rings. The predicted molar refractivity (Wildman–Crippen MR) is 113 cm³/mol. The Kier molecular flexibility index (Phi) is 6.40. The molecule has 32 heavy (non-hydrogen) atoms. The summed E-state index contributed by atoms with van der Waals surface area (Å²) in [7, 11) is 0. The second kappa shape index (κ2) is 9.23. The molecule has 0 spiro atoms. The van der Waals surface area contributed by atoms with Gasteiger partial charge in [0.1, 0.15) is 23.3 Å². The fourth-order valence-corrected chi connectivity index (χ4v) is 4.36. The first-order chi connectivity index (χ1) is 15.3. The van der Waals surface area contributed by atoms with Gasteiger partial charge in [-0.05, 0) is 59.7 Å². The molecule has 0 saturated heterocycles. The highest BCUT2D eigenvalue weighted by atomic mass is 19.3. The Morgan fingerprint density at radius 3 is 1.81 bits per heavy atom. The number of benzene rings is 3. The minimum Gasteiger partial charge on any atom is -0.206 e. The molecule has 3 aromatic carbocycles. The van der Waals surface area contributed by atoms with Gasteiger partial charge in [-0.15, -0.1) is 0 Å². The van der Waals surface area contributed by atoms with Gasteiger partial charge in [0.2, 0.25) is 0 Å². The van der Waals surface area contributed by atoms with E-state index in [-0.39, 0.29) is 22.8 Å². The lowest BCUT2D eigenvalue weighted by atomic mass is 9.83. The maximum atomic E-state index is 14.8. The summed E-state index contributed by atoms with van der Waals surface area (Å²) in [6.07, 6.45) is 3.34. The average Bonchev–Trinajstić information content (AvgIpc) is 2.76. The van der Waals surface area contributed by atoms with E-state index in [1.807, 2.05) is 6.07 Å². The van der Waals surface area contributed by atoms with Crippen LogP contribution in [0.2, 0.25) is 0 Å². The smallest absolute Gasteiger partial charge is 0.206 e. The van der Waals surface area contributed by atoms with Gasteiger partial charge in [-0.2, -0.15) is 8.78 Å². The van der Waals surface area contributed by atoms with E-state index in [4.69, 9.17) is 0 Å². The molecule has 1 aliphatic carbocycles. The second-order valence-corrected chi connectivity index (χ2v) is 8.06. The summed E-state index contributed by atoms with van der Waals surface area (Å²) in [5, 5.41) is 0. The van der Waals surface area contributed by atoms with Crippen LogP contribution in [0.25, 0.3) is 28.3 Å². The molecule has 0 atom stereocenters. The number of hydrogen-bond donors (Lipinski definition) is 0. The van der Waals surface area contributed by atoms with Crippen molar-refractivity contribution < 1.29 is 26.3 Å². The Morgan fingerprint density at radius 1 is 0.656 bits per heavy atom. The van der Waals surface area contributed by atoms with Crippen LogP contribution in [0.1, 0.15) is 49.1 Å². The highest BCUT2D eigenvalue weighted by Crippen LogP contribution is 2.36. The van der Waals surface area contributed by atoms with Crippen molar-refractivity contribution >= 4 is 6.08 Å². The summed E-state index contributed by atoms with van der Waals surface area (Å²) < 4.78 is 82.5. The lowest BCUT2D eigenvalue weighted by Crippen LogP contribution is -2.05. The largest absolute Gasteiger partial charge is 0.271 e. The Bertz CT molecular complexity index is 1150. The first kappa shape index (κ1) is 22.2. The Balaban J connectivity index is 1.65. The van der Waals surface area contributed by atoms with Crippen molar-refractivity contribution in [2.24, 2.45) is 0 Å². The van der Waals surface area contributed by atoms with Gasteiger partial charge in [0.25, 0.3) is 6.08 Å². The Morgan fingerprint density at radius 2 is 1.22 bits per heavy atom. The van der Waals surface area contributed by atoms with Gasteiger partial charge in [-0.25, -0.2) is 17.6 Å². The lowest BCUT2D eigenvalue weighted by Gasteiger charge is -2.22. The van der Waals surface area contributed by atoms with Crippen LogP contribution in [0.3, 0.4) is 0 Å². The third-order valence-electron chi connectivity index (χ3n) is 5.99. The molecule has 0 unspecified atom stereocenters. The minimum absolute atomic E-state index is 0.0770. The maximum absolute atomic E-state index is 14.8. The van der Waals surface area contributed by atoms with E-state index >= 15 is 0 Å². The normalized spacial score (nSPS) is 14.4. The fraction of sp³-hybridized carbons (Fsp3) is 0.231. The van der Waals surface area contributed by atoms with Gasteiger partial charge in [0.05, 0.1) is 5.56 Å². The number of rotatable bonds is 4. The molecule has 1 aliphatic rings. The zero-order valence-corrected chi connectivity index (χ0v) is 17.1. The minimum atomic E-state index is -2.25. The van der Waals surface area contributed by atoms with Gasteiger partial charge in [0.15, 0.2) is 0 Å². The molecule has 166 valence electrons. The Hall–Kier alpha value is -3.02. The first-order valence-corrected chi connectivity index (χ1v) is 10.4. The molecule has 1 fully saturated rings. The molecule has 1 saturated carbocycles. The van der Waals surface area contributed by atoms with Crippen molar-refractivity contribution in [2.45, 2.75) is 38.0 Å². The summed E-state index contributed by atoms with van der Waals surface area (Å²) in [5.41, 5.74) is 0.291. The van der Waals surface area contributed by atoms with Gasteiger partial charge in [-0.1, -0.05) is 43.5 Å². The molecule has 0 bridgehead atoms. The Labute approximate surface area is 182 Å². The fourth-order valence-electron chi connectivity index (χ4n) is 4.36. The van der Waals surface area contributed by atoms with Crippen LogP contribution in [0.4, 0.5) is 26.3 Å². The molecule has 0 heterocycles. The summed E-state index contributed by atoms with van der Waals surface area (Å²) in [5.74, 6) is -3.40. The highest BCUT2D eigenvalue weighted by molar-refractivity contribution is 5.72. The van der Waals surface area contributed by atoms with Crippen molar-refractivity contribution in [3.8, 4) is 22.3 Å². The number of hydrogen-bond acceptors (Lipinski definition) is 0. The summed E-state index contributed by atoms with van der Waals surface area (Å²) >= 11 is 0. The monoisotopic (exact) mass is 446 g/mol. The van der Waals surface area contributed by atoms with Crippen molar-refractivity contribution in [2.75, 3.05) is 0 Å². The molecule has 0 aromatic heterocycles. The third kappa shape index (κ3) is 4.59. The maximum Gasteiger partial charge on any atom is 0.271 e. The van der Waals surface area contributed by atoms with E-state index in [9.17, 15) is 26.3 Å². The third-order valence-corrected chi connectivity index (χ3v) is 5.99. The van der Waals surface area contributed by atoms with E-state index in [0.717, 1.165) is 49.4 Å². The van der Waals surface area contributed by atoms with Crippen LogP contribution in [0, 0.1) is 23.3 Å². The van der Waals surface area contributed by atoms with E-state index in [0.29, 0.717) is 11.5 Å². The van der Waals surface area contributed by atoms with Crippen molar-refractivity contribution in [1.82, 2.24) is 0 Å². The zero-order chi connectivity index (χ0) is 22.8. The van der Waals surface area contributed by atoms with Crippen LogP contribution < -0.4 is 0 Å². The molecule has 0 radical (unpaired) electrons. The molecular formula is C26H20F6. The average molecular weight is 446 g/mol. The summed E-state index contributed by atoms with van der Waals surface area (Å²) in [6, 6.07) is 10.4. The van der Waals surface area contributed by atoms with Crippen LogP contribution in [0.5, 0.6) is 0 Å². The topological polar surface area (TPSA) is 0 Å². The van der Waals surface area contributed by atoms with E-state index in [2.05, 4.69) is 0 Å². The van der Waals surface area contributed by atoms with Crippen LogP contribution >= 0.6 is 0 Å². The SMILES string of the molecule is FC(F)=Cc1c(F)cc(-c2ccc(-c3ccc(C4CCCCC4)cc3F)cc2F)cc1F. The van der Waals surface area contributed by atoms with Crippen molar-refractivity contribution in [3.63, 3.8) is 0 Å². The molecule has 6 heteroatoms. The van der Waals surface area contributed by atoms with Crippen molar-refractivity contribution in [3.05, 3.63) is 89.0 Å². The molecular weight excluding hydrogens is 426 g/mol. The number of halogens is 6. The van der Waals surface area contributed by atoms with Crippen LogP contribution in [0.15, 0.2) is 54.6 Å². The highest BCUT2D eigenvalue weighted by Gasteiger charge is 2.19. The molecule has 0 nitrogen and oxygen atoms in total. The molecule has 0 N–H and O–H groups in total. The lowest BCUT2D eigenvalue weighted by molar-refractivity contribution is 0.428. The predicted octanol–water partition coefficient (Wildman–Crippen LogP) is 8.86. The summed E-state index contributed by atoms with van der Waals surface area (Å²) in [4.78, 5) is 0. The quantitative estimate of drug-likeness (QED) is 0.351. The molecule has 0 aliphatic heterocycles. The van der Waals surface area contributed by atoms with Gasteiger partial charge < -0.3 is 0 Å². The van der Waals surface area contributed by atoms with Crippen LogP contribution in [-0.2, 0) is 0 Å². The van der Waals surface area contributed by atoms with Gasteiger partial charge in [0, 0.05) is 17.2 Å². The molecule has 0 amide bonds. The van der Waals surface area contributed by atoms with Crippen molar-refractivity contribution in [1.29, 1.82) is 0 Å². The second-order valence-electron chi connectivity index (χ2n) is 8.06. The summed E-state index contributed by atoms with van der Waals surface area (Å²) in [6.45, 7) is 0. The van der Waals surface area contributed by atoms with E-state index in [1.165, 1.54) is 24.6 Å². The van der Waals surface area contributed by atoms with Crippen LogP contribution in [-0.4, -0.2) is 0 Å². The van der Waals surface area contributed by atoms with E-state index < -0.39 is 34.9 Å². The van der Waals surface area contributed by atoms with Gasteiger partial charge in [-0.3, -0.25) is 0 Å². The zero-order valence-electron chi connectivity index (χ0n) is 17.1.